The van der Waals surface area contributed by atoms with Crippen LogP contribution >= 0.6 is 0 Å². The fraction of sp³-hybridized carbons (Fsp3) is 0.421. The first-order valence-electron chi connectivity index (χ1n) is 7.88. The predicted molar refractivity (Wildman–Crippen MR) is 94.5 cm³/mol. The van der Waals surface area contributed by atoms with Crippen LogP contribution in [0.25, 0.3) is 0 Å². The van der Waals surface area contributed by atoms with Crippen molar-refractivity contribution in [1.29, 1.82) is 0 Å². The van der Waals surface area contributed by atoms with Gasteiger partial charge in [-0.25, -0.2) is 0 Å². The van der Waals surface area contributed by atoms with E-state index in [2.05, 4.69) is 54.6 Å². The highest BCUT2D eigenvalue weighted by molar-refractivity contribution is 6.01. The summed E-state index contributed by atoms with van der Waals surface area (Å²) < 4.78 is 0. The summed E-state index contributed by atoms with van der Waals surface area (Å²) in [6.45, 7) is 12.4. The molecule has 0 heterocycles. The van der Waals surface area contributed by atoms with Crippen LogP contribution in [-0.4, -0.2) is 23.7 Å². The Labute approximate surface area is 130 Å². The van der Waals surface area contributed by atoms with Crippen molar-refractivity contribution in [3.63, 3.8) is 0 Å². The quantitative estimate of drug-likeness (QED) is 0.450. The first kappa shape index (κ1) is 17.2. The summed E-state index contributed by atoms with van der Waals surface area (Å²) >= 11 is 0. The minimum absolute atomic E-state index is 0.958. The SMILES string of the molecule is C=C/C=C\N=C(C)C1=CCC=C(N(CCC)CCC)C=C1. The van der Waals surface area contributed by atoms with Crippen LogP contribution in [0.15, 0.2) is 65.5 Å². The minimum Gasteiger partial charge on any atom is -0.372 e. The average Bonchev–Trinajstić information content (AvgIpc) is 2.73. The first-order chi connectivity index (χ1) is 10.2. The number of aliphatic imine (C=N–C) groups is 1. The van der Waals surface area contributed by atoms with Crippen LogP contribution in [0.2, 0.25) is 0 Å². The zero-order valence-electron chi connectivity index (χ0n) is 13.7. The van der Waals surface area contributed by atoms with Crippen LogP contribution in [0, 0.1) is 0 Å². The molecule has 0 amide bonds. The van der Waals surface area contributed by atoms with Crippen LogP contribution in [-0.2, 0) is 0 Å². The smallest absolute Gasteiger partial charge is 0.0441 e. The first-order valence-corrected chi connectivity index (χ1v) is 7.88. The third kappa shape index (κ3) is 5.99. The molecule has 0 saturated heterocycles. The lowest BCUT2D eigenvalue weighted by molar-refractivity contribution is 0.354. The Balaban J connectivity index is 2.80. The summed E-state index contributed by atoms with van der Waals surface area (Å²) in [6.07, 6.45) is 17.6. The average molecular weight is 284 g/mol. The maximum Gasteiger partial charge on any atom is 0.0441 e. The predicted octanol–water partition coefficient (Wildman–Crippen LogP) is 5.04. The Morgan fingerprint density at radius 2 is 1.95 bits per heavy atom. The maximum atomic E-state index is 4.43. The Morgan fingerprint density at radius 1 is 1.24 bits per heavy atom. The summed E-state index contributed by atoms with van der Waals surface area (Å²) in [7, 11) is 0. The van der Waals surface area contributed by atoms with Crippen LogP contribution < -0.4 is 0 Å². The van der Waals surface area contributed by atoms with Crippen molar-refractivity contribution in [3.8, 4) is 0 Å². The molecule has 0 aromatic heterocycles. The highest BCUT2D eigenvalue weighted by Gasteiger charge is 2.07. The maximum absolute atomic E-state index is 4.43. The van der Waals surface area contributed by atoms with Crippen molar-refractivity contribution in [2.75, 3.05) is 13.1 Å². The third-order valence-corrected chi connectivity index (χ3v) is 3.36. The van der Waals surface area contributed by atoms with E-state index < -0.39 is 0 Å². The molecule has 0 atom stereocenters. The molecule has 0 saturated carbocycles. The normalized spacial score (nSPS) is 15.7. The summed E-state index contributed by atoms with van der Waals surface area (Å²) in [4.78, 5) is 6.90. The molecule has 2 heteroatoms. The van der Waals surface area contributed by atoms with E-state index in [0.29, 0.717) is 0 Å². The number of hydrogen-bond acceptors (Lipinski definition) is 2. The molecular formula is C19H28N2. The van der Waals surface area contributed by atoms with Gasteiger partial charge in [-0.05, 0) is 43.9 Å². The summed E-state index contributed by atoms with van der Waals surface area (Å²) in [5, 5.41) is 0. The van der Waals surface area contributed by atoms with E-state index in [1.54, 1.807) is 12.3 Å². The van der Waals surface area contributed by atoms with Gasteiger partial charge in [0.05, 0.1) is 0 Å². The van der Waals surface area contributed by atoms with Crippen LogP contribution in [0.1, 0.15) is 40.0 Å². The van der Waals surface area contributed by atoms with Gasteiger partial charge in [-0.3, -0.25) is 4.99 Å². The Kier molecular flexibility index (Phi) is 8.18. The van der Waals surface area contributed by atoms with E-state index in [4.69, 9.17) is 0 Å². The largest absolute Gasteiger partial charge is 0.372 e. The Bertz CT molecular complexity index is 470. The van der Waals surface area contributed by atoms with E-state index in [-0.39, 0.29) is 0 Å². The molecule has 21 heavy (non-hydrogen) atoms. The second-order valence-electron chi connectivity index (χ2n) is 5.14. The van der Waals surface area contributed by atoms with Gasteiger partial charge in [0, 0.05) is 30.7 Å². The van der Waals surface area contributed by atoms with E-state index in [1.807, 2.05) is 13.0 Å². The van der Waals surface area contributed by atoms with Gasteiger partial charge >= 0.3 is 0 Å². The molecule has 0 bridgehead atoms. The molecule has 1 aliphatic carbocycles. The molecule has 1 aliphatic rings. The second-order valence-corrected chi connectivity index (χ2v) is 5.14. The van der Waals surface area contributed by atoms with Gasteiger partial charge in [0.1, 0.15) is 0 Å². The van der Waals surface area contributed by atoms with Crippen molar-refractivity contribution in [3.05, 3.63) is 60.5 Å². The monoisotopic (exact) mass is 284 g/mol. The molecule has 0 fully saturated rings. The number of nitrogens with zero attached hydrogens (tertiary/aromatic N) is 2. The van der Waals surface area contributed by atoms with Crippen LogP contribution in [0.5, 0.6) is 0 Å². The van der Waals surface area contributed by atoms with Gasteiger partial charge in [-0.15, -0.1) is 0 Å². The van der Waals surface area contributed by atoms with Gasteiger partial charge in [0.15, 0.2) is 0 Å². The van der Waals surface area contributed by atoms with E-state index in [1.165, 1.54) is 24.1 Å². The molecule has 0 unspecified atom stereocenters. The molecule has 1 rings (SSSR count). The van der Waals surface area contributed by atoms with Crippen molar-refractivity contribution in [1.82, 2.24) is 4.90 Å². The number of hydrogen-bond donors (Lipinski definition) is 0. The van der Waals surface area contributed by atoms with E-state index in [9.17, 15) is 0 Å². The molecule has 114 valence electrons. The fourth-order valence-corrected chi connectivity index (χ4v) is 2.32. The van der Waals surface area contributed by atoms with E-state index in [0.717, 1.165) is 25.2 Å². The third-order valence-electron chi connectivity index (χ3n) is 3.36. The van der Waals surface area contributed by atoms with Crippen LogP contribution in [0.4, 0.5) is 0 Å². The number of rotatable bonds is 8. The zero-order valence-corrected chi connectivity index (χ0v) is 13.7. The zero-order chi connectivity index (χ0) is 15.5. The summed E-state index contributed by atoms with van der Waals surface area (Å²) in [6, 6.07) is 0. The van der Waals surface area contributed by atoms with Crippen molar-refractivity contribution in [2.45, 2.75) is 40.0 Å². The van der Waals surface area contributed by atoms with E-state index >= 15 is 0 Å². The van der Waals surface area contributed by atoms with Crippen molar-refractivity contribution in [2.24, 2.45) is 4.99 Å². The standard InChI is InChI=1S/C19H28N2/c1-5-8-14-20-17(4)18-10-9-11-19(13-12-18)21(15-6-2)16-7-3/h5,8,10-14H,1,6-7,9,15-16H2,2-4H3/b14-8-,20-17?. The molecular weight excluding hydrogens is 256 g/mol. The molecule has 0 N–H and O–H groups in total. The van der Waals surface area contributed by atoms with Gasteiger partial charge in [0.2, 0.25) is 0 Å². The lowest BCUT2D eigenvalue weighted by Crippen LogP contribution is -2.23. The molecule has 2 nitrogen and oxygen atoms in total. The number of allylic oxidation sites excluding steroid dienone is 7. The highest BCUT2D eigenvalue weighted by atomic mass is 15.1. The van der Waals surface area contributed by atoms with Crippen molar-refractivity contribution < 1.29 is 0 Å². The molecule has 0 aromatic rings. The van der Waals surface area contributed by atoms with Crippen LogP contribution in [0.3, 0.4) is 0 Å². The van der Waals surface area contributed by atoms with Gasteiger partial charge < -0.3 is 4.90 Å². The van der Waals surface area contributed by atoms with Gasteiger partial charge in [-0.2, -0.15) is 0 Å². The Hall–Kier alpha value is -1.83. The highest BCUT2D eigenvalue weighted by Crippen LogP contribution is 2.16. The lowest BCUT2D eigenvalue weighted by Gasteiger charge is -2.24. The Morgan fingerprint density at radius 3 is 2.57 bits per heavy atom. The molecule has 0 aromatic carbocycles. The molecule has 0 radical (unpaired) electrons. The van der Waals surface area contributed by atoms with Gasteiger partial charge in [0.25, 0.3) is 0 Å². The second kappa shape index (κ2) is 9.98. The summed E-state index contributed by atoms with van der Waals surface area (Å²) in [5.74, 6) is 0. The fourth-order valence-electron chi connectivity index (χ4n) is 2.32. The molecule has 0 aliphatic heterocycles. The topological polar surface area (TPSA) is 15.6 Å². The lowest BCUT2D eigenvalue weighted by atomic mass is 10.1. The minimum atomic E-state index is 0.958. The van der Waals surface area contributed by atoms with Gasteiger partial charge in [-0.1, -0.05) is 44.7 Å². The molecule has 0 spiro atoms. The van der Waals surface area contributed by atoms with Crippen molar-refractivity contribution >= 4 is 5.71 Å². The summed E-state index contributed by atoms with van der Waals surface area (Å²) in [5.41, 5.74) is 3.57.